The van der Waals surface area contributed by atoms with Crippen LogP contribution in [0.2, 0.25) is 0 Å². The summed E-state index contributed by atoms with van der Waals surface area (Å²) in [6.07, 6.45) is 6.86. The number of para-hydroxylation sites is 1. The molecular weight excluding hydrogens is 228 g/mol. The van der Waals surface area contributed by atoms with Crippen LogP contribution in [0, 0.1) is 5.92 Å². The van der Waals surface area contributed by atoms with Crippen LogP contribution in [-0.4, -0.2) is 11.7 Å². The highest BCUT2D eigenvalue weighted by molar-refractivity contribution is 7.80. The van der Waals surface area contributed by atoms with E-state index in [1.54, 1.807) is 0 Å². The third-order valence-corrected chi connectivity index (χ3v) is 3.55. The summed E-state index contributed by atoms with van der Waals surface area (Å²) in [5.41, 5.74) is 1.05. The molecule has 0 spiro atoms. The van der Waals surface area contributed by atoms with Crippen molar-refractivity contribution in [2.45, 2.75) is 32.1 Å². The van der Waals surface area contributed by atoms with Gasteiger partial charge >= 0.3 is 0 Å². The summed E-state index contributed by atoms with van der Waals surface area (Å²) in [6.45, 7) is 1.01. The minimum absolute atomic E-state index is 0.738. The molecule has 0 aromatic heterocycles. The van der Waals surface area contributed by atoms with Gasteiger partial charge in [-0.1, -0.05) is 37.5 Å². The second-order valence-corrected chi connectivity index (χ2v) is 5.11. The number of nitrogens with one attached hydrogen (secondary N) is 2. The van der Waals surface area contributed by atoms with Crippen LogP contribution in [-0.2, 0) is 0 Å². The highest BCUT2D eigenvalue weighted by Crippen LogP contribution is 2.22. The van der Waals surface area contributed by atoms with Crippen molar-refractivity contribution in [3.63, 3.8) is 0 Å². The number of rotatable bonds is 3. The molecule has 0 atom stereocenters. The van der Waals surface area contributed by atoms with E-state index in [2.05, 4.69) is 10.6 Å². The van der Waals surface area contributed by atoms with Gasteiger partial charge in [0.05, 0.1) is 0 Å². The van der Waals surface area contributed by atoms with Gasteiger partial charge in [-0.05, 0) is 43.1 Å². The molecule has 0 bridgehead atoms. The number of thiocarbonyl (C=S) groups is 1. The van der Waals surface area contributed by atoms with Crippen LogP contribution >= 0.6 is 12.2 Å². The first-order chi connectivity index (χ1) is 8.34. The highest BCUT2D eigenvalue weighted by Gasteiger charge is 2.13. The first-order valence-electron chi connectivity index (χ1n) is 6.44. The van der Waals surface area contributed by atoms with E-state index in [-0.39, 0.29) is 0 Å². The van der Waals surface area contributed by atoms with Crippen LogP contribution in [0.4, 0.5) is 5.69 Å². The SMILES string of the molecule is S=C(NCC1CCCCC1)Nc1ccccc1. The summed E-state index contributed by atoms with van der Waals surface area (Å²) in [7, 11) is 0. The Kier molecular flexibility index (Phi) is 4.80. The first-order valence-corrected chi connectivity index (χ1v) is 6.85. The summed E-state index contributed by atoms with van der Waals surface area (Å²) in [4.78, 5) is 0. The minimum Gasteiger partial charge on any atom is -0.362 e. The molecule has 1 aromatic carbocycles. The Morgan fingerprint density at radius 3 is 2.53 bits per heavy atom. The lowest BCUT2D eigenvalue weighted by Crippen LogP contribution is -2.33. The molecule has 2 nitrogen and oxygen atoms in total. The molecule has 3 heteroatoms. The topological polar surface area (TPSA) is 24.1 Å². The predicted octanol–water partition coefficient (Wildman–Crippen LogP) is 3.55. The zero-order chi connectivity index (χ0) is 11.9. The Morgan fingerprint density at radius 2 is 1.82 bits per heavy atom. The smallest absolute Gasteiger partial charge is 0.170 e. The molecular formula is C14H20N2S. The summed E-state index contributed by atoms with van der Waals surface area (Å²) >= 11 is 5.28. The summed E-state index contributed by atoms with van der Waals surface area (Å²) < 4.78 is 0. The summed E-state index contributed by atoms with van der Waals surface area (Å²) in [5, 5.41) is 7.26. The lowest BCUT2D eigenvalue weighted by Gasteiger charge is -2.22. The van der Waals surface area contributed by atoms with Crippen LogP contribution in [0.25, 0.3) is 0 Å². The Morgan fingerprint density at radius 1 is 1.12 bits per heavy atom. The van der Waals surface area contributed by atoms with E-state index in [0.29, 0.717) is 0 Å². The van der Waals surface area contributed by atoms with E-state index in [9.17, 15) is 0 Å². The van der Waals surface area contributed by atoms with Crippen molar-refractivity contribution >= 4 is 23.0 Å². The third kappa shape index (κ3) is 4.35. The lowest BCUT2D eigenvalue weighted by molar-refractivity contribution is 0.357. The van der Waals surface area contributed by atoms with Crippen molar-refractivity contribution in [3.8, 4) is 0 Å². The van der Waals surface area contributed by atoms with Gasteiger partial charge in [-0.25, -0.2) is 0 Å². The zero-order valence-electron chi connectivity index (χ0n) is 10.1. The molecule has 1 fully saturated rings. The highest BCUT2D eigenvalue weighted by atomic mass is 32.1. The molecule has 0 amide bonds. The molecule has 1 aliphatic rings. The van der Waals surface area contributed by atoms with E-state index < -0.39 is 0 Å². The maximum absolute atomic E-state index is 5.28. The van der Waals surface area contributed by atoms with E-state index in [4.69, 9.17) is 12.2 Å². The van der Waals surface area contributed by atoms with Crippen molar-refractivity contribution in [3.05, 3.63) is 30.3 Å². The summed E-state index contributed by atoms with van der Waals surface area (Å²) in [6, 6.07) is 10.1. The average Bonchev–Trinajstić information content (AvgIpc) is 2.39. The second kappa shape index (κ2) is 6.60. The van der Waals surface area contributed by atoms with Crippen LogP contribution in [0.1, 0.15) is 32.1 Å². The van der Waals surface area contributed by atoms with Gasteiger partial charge in [-0.2, -0.15) is 0 Å². The maximum Gasteiger partial charge on any atom is 0.170 e. The molecule has 92 valence electrons. The van der Waals surface area contributed by atoms with Crippen molar-refractivity contribution in [1.82, 2.24) is 5.32 Å². The molecule has 0 saturated heterocycles. The molecule has 2 rings (SSSR count). The van der Waals surface area contributed by atoms with Gasteiger partial charge in [0, 0.05) is 12.2 Å². The van der Waals surface area contributed by atoms with Gasteiger partial charge in [0.15, 0.2) is 5.11 Å². The van der Waals surface area contributed by atoms with Gasteiger partial charge in [0.1, 0.15) is 0 Å². The van der Waals surface area contributed by atoms with Crippen molar-refractivity contribution < 1.29 is 0 Å². The monoisotopic (exact) mass is 248 g/mol. The van der Waals surface area contributed by atoms with Crippen molar-refractivity contribution in [2.75, 3.05) is 11.9 Å². The normalized spacial score (nSPS) is 16.5. The molecule has 1 aliphatic carbocycles. The minimum atomic E-state index is 0.738. The lowest BCUT2D eigenvalue weighted by atomic mass is 9.89. The zero-order valence-corrected chi connectivity index (χ0v) is 10.9. The van der Waals surface area contributed by atoms with Crippen molar-refractivity contribution in [2.24, 2.45) is 5.92 Å². The van der Waals surface area contributed by atoms with Crippen LogP contribution in [0.3, 0.4) is 0 Å². The Hall–Kier alpha value is -1.09. The molecule has 1 saturated carbocycles. The Balaban J connectivity index is 1.70. The Labute approximate surface area is 109 Å². The number of benzene rings is 1. The van der Waals surface area contributed by atoms with E-state index in [1.165, 1.54) is 32.1 Å². The molecule has 2 N–H and O–H groups in total. The van der Waals surface area contributed by atoms with E-state index in [0.717, 1.165) is 23.3 Å². The van der Waals surface area contributed by atoms with Crippen LogP contribution in [0.5, 0.6) is 0 Å². The predicted molar refractivity (Wildman–Crippen MR) is 77.2 cm³/mol. The Bertz CT molecular complexity index is 344. The number of hydrogen-bond donors (Lipinski definition) is 2. The quantitative estimate of drug-likeness (QED) is 0.800. The average molecular weight is 248 g/mol. The second-order valence-electron chi connectivity index (χ2n) is 4.71. The standard InChI is InChI=1S/C14H20N2S/c17-14(16-13-9-5-2-6-10-13)15-11-12-7-3-1-4-8-12/h2,5-6,9-10,12H,1,3-4,7-8,11H2,(H2,15,16,17). The maximum atomic E-state index is 5.28. The molecule has 17 heavy (non-hydrogen) atoms. The molecule has 0 radical (unpaired) electrons. The molecule has 0 unspecified atom stereocenters. The molecule has 0 heterocycles. The number of anilines is 1. The van der Waals surface area contributed by atoms with Gasteiger partial charge in [0.2, 0.25) is 0 Å². The fraction of sp³-hybridized carbons (Fsp3) is 0.500. The van der Waals surface area contributed by atoms with Gasteiger partial charge in [-0.15, -0.1) is 0 Å². The van der Waals surface area contributed by atoms with Gasteiger partial charge in [-0.3, -0.25) is 0 Å². The fourth-order valence-electron chi connectivity index (χ4n) is 2.33. The first kappa shape index (κ1) is 12.4. The fourth-order valence-corrected chi connectivity index (χ4v) is 2.53. The van der Waals surface area contributed by atoms with E-state index >= 15 is 0 Å². The van der Waals surface area contributed by atoms with E-state index in [1.807, 2.05) is 30.3 Å². The number of hydrogen-bond acceptors (Lipinski definition) is 1. The molecule has 1 aromatic rings. The molecule has 0 aliphatic heterocycles. The summed E-state index contributed by atoms with van der Waals surface area (Å²) in [5.74, 6) is 0.805. The van der Waals surface area contributed by atoms with Crippen LogP contribution < -0.4 is 10.6 Å². The van der Waals surface area contributed by atoms with Crippen LogP contribution in [0.15, 0.2) is 30.3 Å². The van der Waals surface area contributed by atoms with Gasteiger partial charge in [0.25, 0.3) is 0 Å². The third-order valence-electron chi connectivity index (χ3n) is 3.31. The van der Waals surface area contributed by atoms with Crippen molar-refractivity contribution in [1.29, 1.82) is 0 Å². The van der Waals surface area contributed by atoms with Gasteiger partial charge < -0.3 is 10.6 Å². The largest absolute Gasteiger partial charge is 0.362 e.